The molecule has 7 nitrogen and oxygen atoms in total. The van der Waals surface area contributed by atoms with Gasteiger partial charge in [0.05, 0.1) is 16.8 Å². The summed E-state index contributed by atoms with van der Waals surface area (Å²) >= 11 is 0. The number of hydrogen-bond acceptors (Lipinski definition) is 5. The van der Waals surface area contributed by atoms with Crippen molar-refractivity contribution in [2.75, 3.05) is 0 Å². The van der Waals surface area contributed by atoms with Crippen LogP contribution in [0, 0.1) is 0 Å². The topological polar surface area (TPSA) is 92.1 Å². The number of nitrogens with zero attached hydrogens (tertiary/aromatic N) is 3. The van der Waals surface area contributed by atoms with Crippen molar-refractivity contribution >= 4 is 28.7 Å². The molecular weight excluding hydrogens is 418 g/mol. The van der Waals surface area contributed by atoms with E-state index in [4.69, 9.17) is 14.8 Å². The third-order valence-corrected chi connectivity index (χ3v) is 5.43. The Balaban J connectivity index is 1.60. The zero-order chi connectivity index (χ0) is 22.9. The van der Waals surface area contributed by atoms with Crippen molar-refractivity contribution in [3.8, 4) is 11.3 Å². The van der Waals surface area contributed by atoms with Crippen molar-refractivity contribution in [1.82, 2.24) is 9.99 Å². The highest BCUT2D eigenvalue weighted by atomic mass is 16.5. The van der Waals surface area contributed by atoms with E-state index in [-0.39, 0.29) is 11.5 Å². The van der Waals surface area contributed by atoms with Crippen molar-refractivity contribution in [3.63, 3.8) is 0 Å². The number of fused-ring (bicyclic) bond motifs is 1. The Hall–Kier alpha value is -4.52. The van der Waals surface area contributed by atoms with Gasteiger partial charge < -0.3 is 9.84 Å². The monoisotopic (exact) mass is 437 g/mol. The van der Waals surface area contributed by atoms with Gasteiger partial charge in [0, 0.05) is 29.0 Å². The van der Waals surface area contributed by atoms with Gasteiger partial charge in [0.2, 0.25) is 18.0 Å². The molecule has 0 saturated carbocycles. The Morgan fingerprint density at radius 2 is 1.64 bits per heavy atom. The van der Waals surface area contributed by atoms with Gasteiger partial charge in [-0.15, -0.1) is 5.10 Å². The van der Waals surface area contributed by atoms with E-state index in [1.807, 2.05) is 60.7 Å². The quantitative estimate of drug-likeness (QED) is 0.493. The molecule has 1 aliphatic heterocycles. The molecule has 3 aromatic carbocycles. The van der Waals surface area contributed by atoms with Crippen LogP contribution >= 0.6 is 0 Å². The molecular formula is C26H19N3O4. The lowest BCUT2D eigenvalue weighted by molar-refractivity contribution is -0.135. The first-order valence-electron chi connectivity index (χ1n) is 10.3. The molecule has 4 aromatic rings. The Morgan fingerprint density at radius 3 is 2.33 bits per heavy atom. The first-order valence-corrected chi connectivity index (χ1v) is 10.3. The maximum Gasteiger partial charge on any atom is 0.335 e. The minimum Gasteiger partial charge on any atom is -0.478 e. The first kappa shape index (κ1) is 20.4. The second kappa shape index (κ2) is 8.20. The van der Waals surface area contributed by atoms with Crippen LogP contribution in [0.4, 0.5) is 0 Å². The SMILES string of the molecule is CC(=O)N1N=C(c2cc(-c3ccccc3)nc3ccccc23)O[C@@H]1c1ccc(C(=O)O)cc1. The molecule has 1 N–H and O–H groups in total. The lowest BCUT2D eigenvalue weighted by Gasteiger charge is -2.19. The van der Waals surface area contributed by atoms with Crippen LogP contribution in [0.3, 0.4) is 0 Å². The molecule has 7 heteroatoms. The van der Waals surface area contributed by atoms with Crippen LogP contribution in [-0.2, 0) is 9.53 Å². The number of ether oxygens (including phenoxy) is 1. The minimum atomic E-state index is -1.02. The largest absolute Gasteiger partial charge is 0.478 e. The molecule has 162 valence electrons. The van der Waals surface area contributed by atoms with Gasteiger partial charge in [0.1, 0.15) is 0 Å². The Morgan fingerprint density at radius 1 is 0.939 bits per heavy atom. The van der Waals surface area contributed by atoms with Gasteiger partial charge in [-0.3, -0.25) is 4.79 Å². The van der Waals surface area contributed by atoms with E-state index in [1.165, 1.54) is 24.1 Å². The van der Waals surface area contributed by atoms with Crippen molar-refractivity contribution in [2.24, 2.45) is 5.10 Å². The average molecular weight is 437 g/mol. The van der Waals surface area contributed by atoms with Crippen molar-refractivity contribution < 1.29 is 19.4 Å². The van der Waals surface area contributed by atoms with E-state index < -0.39 is 12.2 Å². The number of carbonyl (C=O) groups excluding carboxylic acids is 1. The zero-order valence-electron chi connectivity index (χ0n) is 17.7. The Kier molecular flexibility index (Phi) is 5.06. The number of carboxylic acid groups (broad SMARTS) is 1. The molecule has 0 aliphatic carbocycles. The maximum absolute atomic E-state index is 12.4. The van der Waals surface area contributed by atoms with Crippen LogP contribution in [0.15, 0.2) is 90.0 Å². The number of rotatable bonds is 4. The highest BCUT2D eigenvalue weighted by molar-refractivity contribution is 6.08. The van der Waals surface area contributed by atoms with Gasteiger partial charge in [-0.05, 0) is 24.3 Å². The van der Waals surface area contributed by atoms with Crippen LogP contribution in [0.5, 0.6) is 0 Å². The van der Waals surface area contributed by atoms with Crippen molar-refractivity contribution in [3.05, 3.63) is 102 Å². The van der Waals surface area contributed by atoms with E-state index >= 15 is 0 Å². The van der Waals surface area contributed by atoms with Crippen LogP contribution in [0.1, 0.15) is 34.6 Å². The molecule has 1 amide bonds. The van der Waals surface area contributed by atoms with Gasteiger partial charge in [-0.25, -0.2) is 9.78 Å². The average Bonchev–Trinajstić information content (AvgIpc) is 3.30. The molecule has 2 heterocycles. The van der Waals surface area contributed by atoms with Crippen LogP contribution in [-0.4, -0.2) is 32.9 Å². The predicted octanol–water partition coefficient (Wildman–Crippen LogP) is 4.84. The number of carboxylic acids is 1. The summed E-state index contributed by atoms with van der Waals surface area (Å²) in [5.41, 5.74) is 3.99. The second-order valence-electron chi connectivity index (χ2n) is 7.60. The standard InChI is InChI=1S/C26H19N3O4/c1-16(30)29-25(18-11-13-19(14-12-18)26(31)32)33-24(28-29)21-15-23(17-7-3-2-4-8-17)27-22-10-6-5-9-20(21)22/h2-15,25H,1H3,(H,31,32)/t25-/m1/s1. The second-order valence-corrected chi connectivity index (χ2v) is 7.60. The minimum absolute atomic E-state index is 0.153. The van der Waals surface area contributed by atoms with Gasteiger partial charge in [0.15, 0.2) is 0 Å². The van der Waals surface area contributed by atoms with Crippen LogP contribution in [0.2, 0.25) is 0 Å². The summed E-state index contributed by atoms with van der Waals surface area (Å²) in [4.78, 5) is 28.3. The summed E-state index contributed by atoms with van der Waals surface area (Å²) in [5.74, 6) is -1.02. The van der Waals surface area contributed by atoms with Crippen molar-refractivity contribution in [2.45, 2.75) is 13.2 Å². The van der Waals surface area contributed by atoms with Gasteiger partial charge in [-0.1, -0.05) is 60.7 Å². The summed E-state index contributed by atoms with van der Waals surface area (Å²) in [5, 5.41) is 15.8. The fraction of sp³-hybridized carbons (Fsp3) is 0.0769. The number of pyridine rings is 1. The van der Waals surface area contributed by atoms with E-state index in [0.29, 0.717) is 11.5 Å². The van der Waals surface area contributed by atoms with E-state index in [1.54, 1.807) is 12.1 Å². The number of carbonyl (C=O) groups is 2. The number of aromatic carboxylic acids is 1. The predicted molar refractivity (Wildman–Crippen MR) is 123 cm³/mol. The summed E-state index contributed by atoms with van der Waals surface area (Å²) in [6, 6.07) is 25.6. The molecule has 0 bridgehead atoms. The first-order chi connectivity index (χ1) is 16.0. The number of benzene rings is 3. The fourth-order valence-corrected chi connectivity index (χ4v) is 3.79. The number of hydrogen-bond donors (Lipinski definition) is 1. The van der Waals surface area contributed by atoms with E-state index in [9.17, 15) is 9.59 Å². The van der Waals surface area contributed by atoms with Gasteiger partial charge in [0.25, 0.3) is 0 Å². The third-order valence-electron chi connectivity index (χ3n) is 5.43. The summed E-state index contributed by atoms with van der Waals surface area (Å²) < 4.78 is 6.19. The number of amides is 1. The number of para-hydroxylation sites is 1. The van der Waals surface area contributed by atoms with Crippen molar-refractivity contribution in [1.29, 1.82) is 0 Å². The zero-order valence-corrected chi connectivity index (χ0v) is 17.7. The van der Waals surface area contributed by atoms with Gasteiger partial charge in [-0.2, -0.15) is 5.01 Å². The molecule has 1 atom stereocenters. The third kappa shape index (κ3) is 3.80. The summed E-state index contributed by atoms with van der Waals surface area (Å²) in [6.45, 7) is 1.41. The molecule has 5 rings (SSSR count). The number of hydrazone groups is 1. The van der Waals surface area contributed by atoms with E-state index in [0.717, 1.165) is 27.7 Å². The molecule has 0 spiro atoms. The maximum atomic E-state index is 12.4. The Labute approximate surface area is 189 Å². The molecule has 0 unspecified atom stereocenters. The molecule has 0 fully saturated rings. The lowest BCUT2D eigenvalue weighted by Crippen LogP contribution is -2.25. The summed E-state index contributed by atoms with van der Waals surface area (Å²) in [6.07, 6.45) is -0.799. The van der Waals surface area contributed by atoms with Gasteiger partial charge >= 0.3 is 5.97 Å². The highest BCUT2D eigenvalue weighted by Gasteiger charge is 2.34. The molecule has 33 heavy (non-hydrogen) atoms. The van der Waals surface area contributed by atoms with Crippen LogP contribution < -0.4 is 0 Å². The fourth-order valence-electron chi connectivity index (χ4n) is 3.79. The highest BCUT2D eigenvalue weighted by Crippen LogP contribution is 2.33. The summed E-state index contributed by atoms with van der Waals surface area (Å²) in [7, 11) is 0. The smallest absolute Gasteiger partial charge is 0.335 e. The lowest BCUT2D eigenvalue weighted by atomic mass is 10.0. The Bertz CT molecular complexity index is 1400. The molecule has 1 aromatic heterocycles. The normalized spacial score (nSPS) is 15.2. The molecule has 0 radical (unpaired) electrons. The van der Waals surface area contributed by atoms with Crippen LogP contribution in [0.25, 0.3) is 22.2 Å². The number of aromatic nitrogens is 1. The van der Waals surface area contributed by atoms with E-state index in [2.05, 4.69) is 5.10 Å². The molecule has 0 saturated heterocycles. The molecule has 1 aliphatic rings.